The van der Waals surface area contributed by atoms with Gasteiger partial charge in [-0.2, -0.15) is 4.98 Å². The highest BCUT2D eigenvalue weighted by molar-refractivity contribution is 5.72. The average Bonchev–Trinajstić information content (AvgIpc) is 2.91. The molecule has 22 heavy (non-hydrogen) atoms. The van der Waals surface area contributed by atoms with Gasteiger partial charge in [-0.25, -0.2) is 0 Å². The minimum Gasteiger partial charge on any atom is -0.409 e. The maximum atomic E-state index is 12.5. The Labute approximate surface area is 128 Å². The van der Waals surface area contributed by atoms with Gasteiger partial charge >= 0.3 is 6.08 Å². The molecule has 114 valence electrons. The summed E-state index contributed by atoms with van der Waals surface area (Å²) >= 11 is 0. The second kappa shape index (κ2) is 5.67. The van der Waals surface area contributed by atoms with Gasteiger partial charge in [-0.1, -0.05) is 19.1 Å². The van der Waals surface area contributed by atoms with Crippen LogP contribution in [0, 0.1) is 13.8 Å². The first kappa shape index (κ1) is 14.4. The molecule has 0 atom stereocenters. The number of hydrogen-bond donors (Lipinski definition) is 0. The van der Waals surface area contributed by atoms with Crippen LogP contribution in [0.25, 0.3) is 11.1 Å². The Kier molecular flexibility index (Phi) is 3.71. The Hall–Kier alpha value is -2.56. The van der Waals surface area contributed by atoms with E-state index in [1.54, 1.807) is 10.6 Å². The molecular formula is C17H18N2O3. The predicted octanol–water partition coefficient (Wildman–Crippen LogP) is 3.81. The van der Waals surface area contributed by atoms with Crippen molar-refractivity contribution in [3.8, 4) is 11.8 Å². The molecule has 0 saturated heterocycles. The van der Waals surface area contributed by atoms with E-state index in [4.69, 9.17) is 9.15 Å². The number of para-hydroxylation sites is 2. The first-order valence-electron chi connectivity index (χ1n) is 7.34. The molecule has 5 heteroatoms. The first-order valence-corrected chi connectivity index (χ1v) is 7.34. The molecule has 0 aliphatic rings. The van der Waals surface area contributed by atoms with Gasteiger partial charge < -0.3 is 13.7 Å². The van der Waals surface area contributed by atoms with Gasteiger partial charge in [-0.05, 0) is 44.0 Å². The van der Waals surface area contributed by atoms with Crippen LogP contribution >= 0.6 is 0 Å². The van der Waals surface area contributed by atoms with Crippen molar-refractivity contribution in [2.24, 2.45) is 0 Å². The zero-order valence-corrected chi connectivity index (χ0v) is 12.9. The molecule has 1 aromatic carbocycles. The fraction of sp³-hybridized carbons (Fsp3) is 0.294. The van der Waals surface area contributed by atoms with Crippen molar-refractivity contribution >= 4 is 11.1 Å². The van der Waals surface area contributed by atoms with Gasteiger partial charge in [0, 0.05) is 12.2 Å². The van der Waals surface area contributed by atoms with Crippen LogP contribution < -0.4 is 10.3 Å². The third-order valence-electron chi connectivity index (χ3n) is 3.70. The summed E-state index contributed by atoms with van der Waals surface area (Å²) < 4.78 is 12.9. The molecule has 2 aromatic heterocycles. The lowest BCUT2D eigenvalue weighted by Gasteiger charge is -2.13. The highest BCUT2D eigenvalue weighted by Gasteiger charge is 2.14. The van der Waals surface area contributed by atoms with Gasteiger partial charge in [0.15, 0.2) is 11.3 Å². The zero-order valence-electron chi connectivity index (χ0n) is 12.9. The van der Waals surface area contributed by atoms with Crippen molar-refractivity contribution in [3.05, 3.63) is 51.9 Å². The van der Waals surface area contributed by atoms with E-state index >= 15 is 0 Å². The van der Waals surface area contributed by atoms with E-state index in [2.05, 4.69) is 4.98 Å². The fourth-order valence-corrected chi connectivity index (χ4v) is 2.42. The number of fused-ring (bicyclic) bond motifs is 1. The van der Waals surface area contributed by atoms with E-state index in [1.807, 2.05) is 45.0 Å². The molecule has 0 aliphatic carbocycles. The molecule has 2 heterocycles. The SMILES string of the molecule is CCCn1c(C)c(C)cc(Oc2nc3ccccc3o2)c1=O. The lowest BCUT2D eigenvalue weighted by molar-refractivity contribution is 0.336. The van der Waals surface area contributed by atoms with Crippen LogP contribution in [0.2, 0.25) is 0 Å². The lowest BCUT2D eigenvalue weighted by atomic mass is 10.2. The number of hydrogen-bond acceptors (Lipinski definition) is 4. The van der Waals surface area contributed by atoms with E-state index in [0.717, 1.165) is 17.7 Å². The highest BCUT2D eigenvalue weighted by Crippen LogP contribution is 2.24. The lowest BCUT2D eigenvalue weighted by Crippen LogP contribution is -2.24. The summed E-state index contributed by atoms with van der Waals surface area (Å²) in [5, 5.41) is 0. The number of aryl methyl sites for hydroxylation is 1. The van der Waals surface area contributed by atoms with Crippen molar-refractivity contribution in [1.82, 2.24) is 9.55 Å². The van der Waals surface area contributed by atoms with E-state index in [-0.39, 0.29) is 17.4 Å². The largest absolute Gasteiger partial charge is 0.409 e. The highest BCUT2D eigenvalue weighted by atomic mass is 16.6. The summed E-state index contributed by atoms with van der Waals surface area (Å²) in [7, 11) is 0. The summed E-state index contributed by atoms with van der Waals surface area (Å²) in [6.45, 7) is 6.60. The van der Waals surface area contributed by atoms with Crippen molar-refractivity contribution < 1.29 is 9.15 Å². The van der Waals surface area contributed by atoms with Crippen molar-refractivity contribution in [2.75, 3.05) is 0 Å². The second-order valence-electron chi connectivity index (χ2n) is 5.28. The summed E-state index contributed by atoms with van der Waals surface area (Å²) in [5.74, 6) is 0.239. The number of benzene rings is 1. The first-order chi connectivity index (χ1) is 10.6. The normalized spacial score (nSPS) is 11.0. The molecule has 0 amide bonds. The molecule has 0 fully saturated rings. The van der Waals surface area contributed by atoms with Crippen LogP contribution in [0.3, 0.4) is 0 Å². The maximum absolute atomic E-state index is 12.5. The van der Waals surface area contributed by atoms with E-state index in [9.17, 15) is 4.79 Å². The number of pyridine rings is 1. The molecule has 0 N–H and O–H groups in total. The standard InChI is InChI=1S/C17H18N2O3/c1-4-9-19-12(3)11(2)10-15(16(19)20)22-17-18-13-7-5-6-8-14(13)21-17/h5-8,10H,4,9H2,1-3H3. The summed E-state index contributed by atoms with van der Waals surface area (Å²) in [4.78, 5) is 16.8. The van der Waals surface area contributed by atoms with Crippen LogP contribution in [0.15, 0.2) is 39.5 Å². The number of nitrogens with zero attached hydrogens (tertiary/aromatic N) is 2. The fourth-order valence-electron chi connectivity index (χ4n) is 2.42. The minimum atomic E-state index is -0.160. The quantitative estimate of drug-likeness (QED) is 0.735. The summed E-state index contributed by atoms with van der Waals surface area (Å²) in [6.07, 6.45) is 0.969. The molecule has 5 nitrogen and oxygen atoms in total. The summed E-state index contributed by atoms with van der Waals surface area (Å²) in [5.41, 5.74) is 3.13. The van der Waals surface area contributed by atoms with Gasteiger partial charge in [0.05, 0.1) is 0 Å². The molecule has 3 rings (SSSR count). The molecule has 0 unspecified atom stereocenters. The molecular weight excluding hydrogens is 280 g/mol. The zero-order chi connectivity index (χ0) is 15.7. The molecule has 0 radical (unpaired) electrons. The van der Waals surface area contributed by atoms with E-state index < -0.39 is 0 Å². The van der Waals surface area contributed by atoms with Crippen molar-refractivity contribution in [1.29, 1.82) is 0 Å². The van der Waals surface area contributed by atoms with E-state index in [0.29, 0.717) is 17.6 Å². The van der Waals surface area contributed by atoms with Crippen molar-refractivity contribution in [3.63, 3.8) is 0 Å². The van der Waals surface area contributed by atoms with Crippen LogP contribution in [0.1, 0.15) is 24.6 Å². The third-order valence-corrected chi connectivity index (χ3v) is 3.70. The maximum Gasteiger partial charge on any atom is 0.400 e. The van der Waals surface area contributed by atoms with Gasteiger partial charge in [-0.3, -0.25) is 4.79 Å². The van der Waals surface area contributed by atoms with Crippen LogP contribution in [-0.2, 0) is 6.54 Å². The second-order valence-corrected chi connectivity index (χ2v) is 5.28. The smallest absolute Gasteiger partial charge is 0.400 e. The molecule has 0 aliphatic heterocycles. The topological polar surface area (TPSA) is 57.3 Å². The predicted molar refractivity (Wildman–Crippen MR) is 84.6 cm³/mol. The van der Waals surface area contributed by atoms with Crippen LogP contribution in [0.4, 0.5) is 0 Å². The molecule has 0 bridgehead atoms. The van der Waals surface area contributed by atoms with Gasteiger partial charge in [0.1, 0.15) is 5.52 Å². The van der Waals surface area contributed by atoms with Crippen LogP contribution in [-0.4, -0.2) is 9.55 Å². The Morgan fingerprint density at radius 2 is 2.05 bits per heavy atom. The average molecular weight is 298 g/mol. The Balaban J connectivity index is 2.03. The Morgan fingerprint density at radius 3 is 2.77 bits per heavy atom. The Bertz CT molecular complexity index is 844. The minimum absolute atomic E-state index is 0.0876. The number of aromatic nitrogens is 2. The number of rotatable bonds is 4. The third kappa shape index (κ3) is 2.50. The summed E-state index contributed by atoms with van der Waals surface area (Å²) in [6, 6.07) is 9.12. The van der Waals surface area contributed by atoms with Crippen LogP contribution in [0.5, 0.6) is 11.8 Å². The Morgan fingerprint density at radius 1 is 1.27 bits per heavy atom. The van der Waals surface area contributed by atoms with E-state index in [1.165, 1.54) is 0 Å². The van der Waals surface area contributed by atoms with Crippen molar-refractivity contribution in [2.45, 2.75) is 33.7 Å². The van der Waals surface area contributed by atoms with Gasteiger partial charge in [0.25, 0.3) is 5.56 Å². The van der Waals surface area contributed by atoms with Gasteiger partial charge in [0.2, 0.25) is 0 Å². The number of oxazole rings is 1. The molecule has 3 aromatic rings. The molecule has 0 saturated carbocycles. The van der Waals surface area contributed by atoms with Gasteiger partial charge in [-0.15, -0.1) is 0 Å². The monoisotopic (exact) mass is 298 g/mol. The number of ether oxygens (including phenoxy) is 1. The molecule has 0 spiro atoms.